The van der Waals surface area contributed by atoms with Crippen LogP contribution in [0.4, 0.5) is 0 Å². The number of thioether (sulfide) groups is 1. The fourth-order valence-electron chi connectivity index (χ4n) is 10.3. The number of carbonyl (C=O) groups is 6. The Balaban J connectivity index is 0.950. The summed E-state index contributed by atoms with van der Waals surface area (Å²) >= 11 is 3.10. The summed E-state index contributed by atoms with van der Waals surface area (Å²) in [6.45, 7) is 15.6. The second kappa shape index (κ2) is 23.6. The number of likely N-dealkylation sites (N-methyl/N-ethyl adjacent to an activating group) is 2. The molecule has 0 spiro atoms. The molecule has 1 aromatic heterocycles. The van der Waals surface area contributed by atoms with E-state index in [-0.39, 0.29) is 72.5 Å². The van der Waals surface area contributed by atoms with Gasteiger partial charge in [-0.1, -0.05) is 139 Å². The first-order valence-corrected chi connectivity index (χ1v) is 28.2. The van der Waals surface area contributed by atoms with Gasteiger partial charge in [-0.2, -0.15) is 0 Å². The molecular weight excluding hydrogens is 997 g/mol. The number of hydrogen-bond acceptors (Lipinski definition) is 12. The Kier molecular flexibility index (Phi) is 17.4. The summed E-state index contributed by atoms with van der Waals surface area (Å²) in [7, 11) is 3.40. The van der Waals surface area contributed by atoms with Gasteiger partial charge in [-0.3, -0.25) is 33.8 Å². The smallest absolute Gasteiger partial charge is 0.251 e. The minimum atomic E-state index is -0.840. The van der Waals surface area contributed by atoms with Gasteiger partial charge in [0.15, 0.2) is 0 Å². The average Bonchev–Trinajstić information content (AvgIpc) is 4.27. The van der Waals surface area contributed by atoms with E-state index in [9.17, 15) is 28.8 Å². The van der Waals surface area contributed by atoms with E-state index in [1.807, 2.05) is 120 Å². The predicted molar refractivity (Wildman–Crippen MR) is 301 cm³/mol. The van der Waals surface area contributed by atoms with Crippen molar-refractivity contribution in [2.45, 2.75) is 123 Å². The van der Waals surface area contributed by atoms with E-state index in [1.165, 1.54) is 11.3 Å². The Hall–Kier alpha value is -6.21. The molecule has 2 fully saturated rings. The van der Waals surface area contributed by atoms with Gasteiger partial charge in [-0.15, -0.1) is 23.1 Å². The number of allylic oxidation sites excluding steroid dienone is 4. The first-order chi connectivity index (χ1) is 36.1. The van der Waals surface area contributed by atoms with Gasteiger partial charge in [0.25, 0.3) is 11.8 Å². The Morgan fingerprint density at radius 2 is 1.13 bits per heavy atom. The summed E-state index contributed by atoms with van der Waals surface area (Å²) < 4.78 is 0. The molecule has 16 nitrogen and oxygen atoms in total. The van der Waals surface area contributed by atoms with Crippen LogP contribution in [0.5, 0.6) is 0 Å². The molecule has 76 heavy (non-hydrogen) atoms. The number of aliphatic imine (C=N–C) groups is 1. The van der Waals surface area contributed by atoms with E-state index in [2.05, 4.69) is 44.0 Å². The molecule has 3 unspecified atom stereocenters. The van der Waals surface area contributed by atoms with Crippen molar-refractivity contribution < 1.29 is 28.8 Å². The van der Waals surface area contributed by atoms with Gasteiger partial charge in [0.2, 0.25) is 23.6 Å². The molecule has 0 bridgehead atoms. The zero-order valence-electron chi connectivity index (χ0n) is 45.3. The molecule has 3 aromatic rings. The predicted octanol–water partition coefficient (Wildman–Crippen LogP) is 6.04. The molecule has 18 heteroatoms. The highest BCUT2D eigenvalue weighted by atomic mass is 32.2. The summed E-state index contributed by atoms with van der Waals surface area (Å²) in [5.74, 6) is -1.20. The van der Waals surface area contributed by atoms with E-state index < -0.39 is 53.1 Å². The Bertz CT molecular complexity index is 2810. The fraction of sp³-hybridized carbons (Fsp3) is 0.483. The number of aromatic nitrogens is 1. The number of rotatable bonds is 16. The zero-order chi connectivity index (χ0) is 54.6. The largest absolute Gasteiger partial charge is 0.347 e. The van der Waals surface area contributed by atoms with E-state index in [1.54, 1.807) is 61.7 Å². The summed E-state index contributed by atoms with van der Waals surface area (Å²) in [5.41, 5.74) is 2.59. The monoisotopic (exact) mass is 1070 g/mol. The topological polar surface area (TPSA) is 206 Å². The van der Waals surface area contributed by atoms with Gasteiger partial charge in [0.05, 0.1) is 40.9 Å². The highest BCUT2D eigenvalue weighted by Crippen LogP contribution is 2.40. The molecule has 5 aliphatic rings. The van der Waals surface area contributed by atoms with Crippen molar-refractivity contribution in [3.63, 3.8) is 0 Å². The minimum Gasteiger partial charge on any atom is -0.347 e. The van der Waals surface area contributed by atoms with Gasteiger partial charge in [-0.05, 0) is 57.2 Å². The van der Waals surface area contributed by atoms with Gasteiger partial charge < -0.3 is 41.7 Å². The molecule has 2 aliphatic carbocycles. The summed E-state index contributed by atoms with van der Waals surface area (Å²) in [6, 6.07) is 15.6. The maximum atomic E-state index is 14.7. The highest BCUT2D eigenvalue weighted by molar-refractivity contribution is 8.14. The Morgan fingerprint density at radius 3 is 1.62 bits per heavy atom. The molecule has 11 atom stereocenters. The standard InChI is InChI=1S/C58H74N10O6S2/c1-33(59-9)49(69)65-47(57(3,4)5)55(73)67-29-41(27-45(67)53-63-43(31-75-53)35-17-13-11-14-18-35)61-51(71)39-23-21-38-26-40(24-22-37(38)25-39)52(72)62-42-28-46(54-64-44(32-76-54)36-19-15-12-16-20-36)68(30-42)56(74)48(58(6,7)8)66-50(70)34(2)60-10/h11-26,31,33-34,37-38,41-42,44-48,59-60H,27-30,32H2,1-10H3,(H,61,71)(H,62,72)(H,65,69)(H,66,70)/t33-,34-,37?,38?,41-,42-,44?,45-,46-,47+,48+/m0/s1. The lowest BCUT2D eigenvalue weighted by molar-refractivity contribution is -0.140. The van der Waals surface area contributed by atoms with Crippen molar-refractivity contribution in [2.75, 3.05) is 32.9 Å². The molecule has 3 aliphatic heterocycles. The van der Waals surface area contributed by atoms with E-state index in [4.69, 9.17) is 9.98 Å². The molecule has 404 valence electrons. The number of nitrogens with zero attached hydrogens (tertiary/aromatic N) is 4. The van der Waals surface area contributed by atoms with Crippen LogP contribution in [0, 0.1) is 22.7 Å². The maximum Gasteiger partial charge on any atom is 0.251 e. The molecule has 8 rings (SSSR count). The van der Waals surface area contributed by atoms with Gasteiger partial charge in [-0.25, -0.2) is 4.98 Å². The van der Waals surface area contributed by atoms with Crippen molar-refractivity contribution in [3.05, 3.63) is 124 Å². The lowest BCUT2D eigenvalue weighted by atomic mass is 9.80. The van der Waals surface area contributed by atoms with Crippen molar-refractivity contribution >= 4 is 63.6 Å². The van der Waals surface area contributed by atoms with Gasteiger partial charge in [0, 0.05) is 64.9 Å². The van der Waals surface area contributed by atoms with Crippen molar-refractivity contribution in [3.8, 4) is 11.3 Å². The van der Waals surface area contributed by atoms with Crippen LogP contribution in [0.3, 0.4) is 0 Å². The summed E-state index contributed by atoms with van der Waals surface area (Å²) in [6.07, 6.45) is 12.2. The van der Waals surface area contributed by atoms with E-state index in [0.717, 1.165) is 32.6 Å². The van der Waals surface area contributed by atoms with Crippen LogP contribution < -0.4 is 31.9 Å². The number of thiazole rings is 1. The summed E-state index contributed by atoms with van der Waals surface area (Å²) in [5, 5.41) is 22.0. The lowest BCUT2D eigenvalue weighted by Gasteiger charge is -2.36. The molecule has 6 amide bonds. The van der Waals surface area contributed by atoms with Crippen LogP contribution in [0.15, 0.2) is 119 Å². The van der Waals surface area contributed by atoms with Crippen molar-refractivity contribution in [1.29, 1.82) is 0 Å². The zero-order valence-corrected chi connectivity index (χ0v) is 46.9. The van der Waals surface area contributed by atoms with Crippen LogP contribution in [0.1, 0.15) is 90.9 Å². The first-order valence-electron chi connectivity index (χ1n) is 26.4. The average molecular weight is 1070 g/mol. The van der Waals surface area contributed by atoms with E-state index in [0.29, 0.717) is 24.0 Å². The quantitative estimate of drug-likeness (QED) is 0.0981. The van der Waals surface area contributed by atoms with E-state index >= 15 is 0 Å². The number of benzene rings is 2. The number of likely N-dealkylation sites (tertiary alicyclic amines) is 2. The third-order valence-corrected chi connectivity index (χ3v) is 17.1. The van der Waals surface area contributed by atoms with Crippen LogP contribution in [-0.4, -0.2) is 131 Å². The third kappa shape index (κ3) is 12.8. The Morgan fingerprint density at radius 1 is 0.658 bits per heavy atom. The number of fused-ring (bicyclic) bond motifs is 1. The summed E-state index contributed by atoms with van der Waals surface area (Å²) in [4.78, 5) is 97.8. The van der Waals surface area contributed by atoms with Crippen molar-refractivity contribution in [1.82, 2.24) is 46.7 Å². The molecule has 4 heterocycles. The molecule has 2 saturated heterocycles. The first kappa shape index (κ1) is 56.0. The van der Waals surface area contributed by atoms with Crippen molar-refractivity contribution in [2.24, 2.45) is 27.7 Å². The molecule has 6 N–H and O–H groups in total. The SMILES string of the molecule is CN[C@@H](C)C(=O)N[C@H](C(=O)N1C[C@@H](NC(=O)C2=CC3C=CC(C(=O)N[C@H]4C[C@@H](c5nc(-c6ccccc6)cs5)N(C(=O)[C@@H](NC(=O)[C@H](C)NC)C(C)(C)C)C4)=CC3C=C2)C[C@H]1C1=NC(c2ccccc2)CS1)C(C)(C)C. The van der Waals surface area contributed by atoms with Gasteiger partial charge >= 0.3 is 0 Å². The normalized spacial score (nSPS) is 24.8. The lowest BCUT2D eigenvalue weighted by Crippen LogP contribution is -2.58. The number of carbonyl (C=O) groups excluding carboxylic acids is 6. The molecular formula is C58H74N10O6S2. The van der Waals surface area contributed by atoms with Crippen LogP contribution >= 0.6 is 23.1 Å². The third-order valence-electron chi connectivity index (χ3n) is 15.0. The fourth-order valence-corrected chi connectivity index (χ4v) is 12.4. The van der Waals surface area contributed by atoms with Gasteiger partial charge in [0.1, 0.15) is 17.1 Å². The number of nitrogens with one attached hydrogen (secondary N) is 6. The Labute approximate surface area is 455 Å². The van der Waals surface area contributed by atoms with Crippen LogP contribution in [0.25, 0.3) is 11.3 Å². The van der Waals surface area contributed by atoms with Crippen LogP contribution in [-0.2, 0) is 28.8 Å². The molecule has 2 aromatic carbocycles. The maximum absolute atomic E-state index is 14.7. The minimum absolute atomic E-state index is 0.0593. The second-order valence-electron chi connectivity index (χ2n) is 22.7. The number of hydrogen-bond donors (Lipinski definition) is 6. The second-order valence-corrected chi connectivity index (χ2v) is 24.6. The number of amides is 6. The molecule has 0 saturated carbocycles. The molecule has 0 radical (unpaired) electrons. The van der Waals surface area contributed by atoms with Crippen LogP contribution in [0.2, 0.25) is 0 Å². The highest BCUT2D eigenvalue weighted by Gasteiger charge is 2.47.